The molecule has 18 heavy (non-hydrogen) atoms. The van der Waals surface area contributed by atoms with E-state index in [0.29, 0.717) is 5.69 Å². The smallest absolute Gasteiger partial charge is 0.246 e. The molecule has 2 amide bonds. The fraction of sp³-hybridized carbons (Fsp3) is 0.333. The van der Waals surface area contributed by atoms with Crippen molar-refractivity contribution in [3.63, 3.8) is 0 Å². The van der Waals surface area contributed by atoms with Gasteiger partial charge in [-0.3, -0.25) is 9.59 Å². The van der Waals surface area contributed by atoms with Crippen LogP contribution in [0, 0.1) is 0 Å². The number of nitrogens with one attached hydrogen (secondary N) is 2. The molecule has 1 aromatic carbocycles. The average Bonchev–Trinajstić information content (AvgIpc) is 2.30. The van der Waals surface area contributed by atoms with Gasteiger partial charge in [0.05, 0.1) is 0 Å². The molecule has 1 unspecified atom stereocenters. The van der Waals surface area contributed by atoms with E-state index in [9.17, 15) is 9.59 Å². The zero-order valence-electron chi connectivity index (χ0n) is 10.2. The van der Waals surface area contributed by atoms with Crippen LogP contribution in [0.3, 0.4) is 0 Å². The molecule has 0 heterocycles. The third-order valence-electron chi connectivity index (χ3n) is 2.18. The van der Waals surface area contributed by atoms with Crippen molar-refractivity contribution in [1.29, 1.82) is 0 Å². The van der Waals surface area contributed by atoms with Crippen LogP contribution in [0.2, 0.25) is 0 Å². The van der Waals surface area contributed by atoms with Crippen LogP contribution < -0.4 is 16.4 Å². The van der Waals surface area contributed by atoms with Gasteiger partial charge in [-0.15, -0.1) is 12.4 Å². The summed E-state index contributed by atoms with van der Waals surface area (Å²) in [7, 11) is 0. The van der Waals surface area contributed by atoms with Crippen LogP contribution in [-0.2, 0) is 9.59 Å². The van der Waals surface area contributed by atoms with Crippen molar-refractivity contribution < 1.29 is 9.59 Å². The van der Waals surface area contributed by atoms with Crippen LogP contribution >= 0.6 is 12.4 Å². The Morgan fingerprint density at radius 1 is 1.28 bits per heavy atom. The standard InChI is InChI=1S/C12H17N3O2.ClH/c1-9(14-11(16)7-8-13)12(17)15-10-5-3-2-4-6-10;/h2-6,9H,7-8,13H2,1H3,(H,14,16)(H,15,17);1H. The van der Waals surface area contributed by atoms with E-state index >= 15 is 0 Å². The Morgan fingerprint density at radius 2 is 1.89 bits per heavy atom. The molecule has 0 saturated heterocycles. The molecule has 4 N–H and O–H groups in total. The van der Waals surface area contributed by atoms with Crippen LogP contribution in [0.15, 0.2) is 30.3 Å². The molecule has 100 valence electrons. The predicted molar refractivity (Wildman–Crippen MR) is 73.6 cm³/mol. The van der Waals surface area contributed by atoms with Gasteiger partial charge in [-0.25, -0.2) is 0 Å². The second-order valence-electron chi connectivity index (χ2n) is 3.68. The highest BCUT2D eigenvalue weighted by atomic mass is 35.5. The number of halogens is 1. The molecule has 1 rings (SSSR count). The van der Waals surface area contributed by atoms with Gasteiger partial charge in [0.1, 0.15) is 6.04 Å². The SMILES string of the molecule is CC(NC(=O)CCN)C(=O)Nc1ccccc1.Cl. The maximum absolute atomic E-state index is 11.7. The normalized spacial score (nSPS) is 11.0. The molecular formula is C12H18ClN3O2. The Hall–Kier alpha value is -1.59. The summed E-state index contributed by atoms with van der Waals surface area (Å²) in [5, 5.41) is 5.27. The number of carbonyl (C=O) groups excluding carboxylic acids is 2. The van der Waals surface area contributed by atoms with Crippen molar-refractivity contribution >= 4 is 29.9 Å². The van der Waals surface area contributed by atoms with Gasteiger partial charge in [-0.2, -0.15) is 0 Å². The van der Waals surface area contributed by atoms with Gasteiger partial charge < -0.3 is 16.4 Å². The molecule has 0 aliphatic heterocycles. The molecule has 1 atom stereocenters. The minimum Gasteiger partial charge on any atom is -0.345 e. The largest absolute Gasteiger partial charge is 0.345 e. The lowest BCUT2D eigenvalue weighted by molar-refractivity contribution is -0.126. The van der Waals surface area contributed by atoms with Crippen molar-refractivity contribution in [1.82, 2.24) is 5.32 Å². The molecule has 0 bridgehead atoms. The van der Waals surface area contributed by atoms with E-state index in [0.717, 1.165) is 0 Å². The number of nitrogens with two attached hydrogens (primary N) is 1. The Morgan fingerprint density at radius 3 is 2.44 bits per heavy atom. The van der Waals surface area contributed by atoms with Gasteiger partial charge in [0.25, 0.3) is 0 Å². The molecule has 0 aromatic heterocycles. The van der Waals surface area contributed by atoms with Crippen molar-refractivity contribution in [2.45, 2.75) is 19.4 Å². The summed E-state index contributed by atoms with van der Waals surface area (Å²) in [5.41, 5.74) is 5.95. The Balaban J connectivity index is 0.00000289. The van der Waals surface area contributed by atoms with E-state index in [1.54, 1.807) is 19.1 Å². The third kappa shape index (κ3) is 5.65. The lowest BCUT2D eigenvalue weighted by Gasteiger charge is -2.13. The third-order valence-corrected chi connectivity index (χ3v) is 2.18. The van der Waals surface area contributed by atoms with E-state index in [4.69, 9.17) is 5.73 Å². The summed E-state index contributed by atoms with van der Waals surface area (Å²) in [4.78, 5) is 22.9. The molecular weight excluding hydrogens is 254 g/mol. The fourth-order valence-corrected chi connectivity index (χ4v) is 1.28. The molecule has 6 heteroatoms. The number of rotatable bonds is 5. The van der Waals surface area contributed by atoms with Gasteiger partial charge in [0, 0.05) is 18.7 Å². The first-order valence-corrected chi connectivity index (χ1v) is 5.49. The van der Waals surface area contributed by atoms with Gasteiger partial charge in [0.15, 0.2) is 0 Å². The lowest BCUT2D eigenvalue weighted by Crippen LogP contribution is -2.42. The summed E-state index contributed by atoms with van der Waals surface area (Å²) in [5.74, 6) is -0.468. The lowest BCUT2D eigenvalue weighted by atomic mass is 10.2. The quantitative estimate of drug-likeness (QED) is 0.744. The maximum atomic E-state index is 11.7. The Labute approximate surface area is 113 Å². The molecule has 0 fully saturated rings. The summed E-state index contributed by atoms with van der Waals surface area (Å²) in [6, 6.07) is 8.51. The molecule has 1 aromatic rings. The zero-order chi connectivity index (χ0) is 12.7. The average molecular weight is 272 g/mol. The predicted octanol–water partition coefficient (Wildman–Crippen LogP) is 0.900. The van der Waals surface area contributed by atoms with Crippen LogP contribution in [0.25, 0.3) is 0 Å². The first-order chi connectivity index (χ1) is 8.13. The van der Waals surface area contributed by atoms with E-state index in [1.165, 1.54) is 0 Å². The number of benzene rings is 1. The second kappa shape index (κ2) is 8.49. The summed E-state index contributed by atoms with van der Waals surface area (Å²) < 4.78 is 0. The van der Waals surface area contributed by atoms with Crippen LogP contribution in [0.5, 0.6) is 0 Å². The second-order valence-corrected chi connectivity index (χ2v) is 3.68. The highest BCUT2D eigenvalue weighted by Crippen LogP contribution is 2.05. The number of para-hydroxylation sites is 1. The van der Waals surface area contributed by atoms with Gasteiger partial charge in [-0.05, 0) is 19.1 Å². The minimum atomic E-state index is -0.575. The number of hydrogen-bond donors (Lipinski definition) is 3. The molecule has 0 aliphatic carbocycles. The van der Waals surface area contributed by atoms with Gasteiger partial charge >= 0.3 is 0 Å². The zero-order valence-corrected chi connectivity index (χ0v) is 11.0. The van der Waals surface area contributed by atoms with Crippen LogP contribution in [0.4, 0.5) is 5.69 Å². The number of hydrogen-bond acceptors (Lipinski definition) is 3. The van der Waals surface area contributed by atoms with E-state index in [-0.39, 0.29) is 37.2 Å². The number of amides is 2. The topological polar surface area (TPSA) is 84.2 Å². The van der Waals surface area contributed by atoms with Gasteiger partial charge in [0.2, 0.25) is 11.8 Å². The first kappa shape index (κ1) is 16.4. The summed E-state index contributed by atoms with van der Waals surface area (Å²) >= 11 is 0. The highest BCUT2D eigenvalue weighted by Gasteiger charge is 2.14. The summed E-state index contributed by atoms with van der Waals surface area (Å²) in [6.07, 6.45) is 0.225. The Kier molecular flexibility index (Phi) is 7.74. The molecule has 0 aliphatic rings. The molecule has 0 radical (unpaired) electrons. The van der Waals surface area contributed by atoms with Gasteiger partial charge in [-0.1, -0.05) is 18.2 Å². The summed E-state index contributed by atoms with van der Waals surface area (Å²) in [6.45, 7) is 1.91. The van der Waals surface area contributed by atoms with Crippen molar-refractivity contribution in [2.75, 3.05) is 11.9 Å². The Bertz CT molecular complexity index is 384. The molecule has 0 spiro atoms. The van der Waals surface area contributed by atoms with Crippen LogP contribution in [-0.4, -0.2) is 24.4 Å². The van der Waals surface area contributed by atoms with Crippen LogP contribution in [0.1, 0.15) is 13.3 Å². The molecule has 5 nitrogen and oxygen atoms in total. The minimum absolute atomic E-state index is 0. The fourth-order valence-electron chi connectivity index (χ4n) is 1.28. The van der Waals surface area contributed by atoms with Crippen molar-refractivity contribution in [2.24, 2.45) is 5.73 Å². The monoisotopic (exact) mass is 271 g/mol. The van der Waals surface area contributed by atoms with E-state index in [1.807, 2.05) is 18.2 Å². The number of anilines is 1. The highest BCUT2D eigenvalue weighted by molar-refractivity contribution is 5.96. The van der Waals surface area contributed by atoms with Crippen molar-refractivity contribution in [3.8, 4) is 0 Å². The van der Waals surface area contributed by atoms with Crippen molar-refractivity contribution in [3.05, 3.63) is 30.3 Å². The van der Waals surface area contributed by atoms with E-state index in [2.05, 4.69) is 10.6 Å². The van der Waals surface area contributed by atoms with E-state index < -0.39 is 6.04 Å². The maximum Gasteiger partial charge on any atom is 0.246 e. The first-order valence-electron chi connectivity index (χ1n) is 5.49. The molecule has 0 saturated carbocycles. The number of carbonyl (C=O) groups is 2.